The zero-order chi connectivity index (χ0) is 16.0. The fourth-order valence-corrected chi connectivity index (χ4v) is 3.08. The van der Waals surface area contributed by atoms with Crippen LogP contribution >= 0.6 is 0 Å². The first kappa shape index (κ1) is 17.7. The van der Waals surface area contributed by atoms with E-state index in [0.717, 1.165) is 25.1 Å². The minimum Gasteiger partial charge on any atom is -0.481 e. The van der Waals surface area contributed by atoms with Crippen LogP contribution < -0.4 is 0 Å². The first-order valence-corrected chi connectivity index (χ1v) is 7.89. The molecule has 118 valence electrons. The van der Waals surface area contributed by atoms with Crippen LogP contribution in [0.5, 0.6) is 0 Å². The molecule has 1 rings (SSSR count). The van der Waals surface area contributed by atoms with E-state index in [-0.39, 0.29) is 6.42 Å². The van der Waals surface area contributed by atoms with Gasteiger partial charge in [0.15, 0.2) is 0 Å². The average molecular weight is 291 g/mol. The second-order valence-electron chi connectivity index (χ2n) is 6.31. The lowest BCUT2D eigenvalue weighted by atomic mass is 9.85. The van der Waals surface area contributed by atoms with E-state index >= 15 is 0 Å². The number of aliphatic carboxylic acids is 1. The molecule has 0 radical (unpaired) electrons. The van der Waals surface area contributed by atoms with Crippen LogP contribution in [0.3, 0.4) is 0 Å². The van der Waals surface area contributed by atoms with Gasteiger partial charge in [0, 0.05) is 0 Å². The molecule has 21 heavy (non-hydrogen) atoms. The zero-order valence-electron chi connectivity index (χ0n) is 14.0. The monoisotopic (exact) mass is 291 g/mol. The number of carbonyl (C=O) groups is 1. The number of benzene rings is 1. The molecule has 0 heterocycles. The van der Waals surface area contributed by atoms with E-state index in [0.29, 0.717) is 5.92 Å². The molecule has 0 saturated carbocycles. The van der Waals surface area contributed by atoms with Gasteiger partial charge in [0.1, 0.15) is 0 Å². The number of hydrogen-bond donors (Lipinski definition) is 1. The Balaban J connectivity index is 3.11. The second-order valence-corrected chi connectivity index (χ2v) is 6.31. The first-order chi connectivity index (χ1) is 9.83. The van der Waals surface area contributed by atoms with Crippen molar-refractivity contribution in [2.75, 3.05) is 13.1 Å². The van der Waals surface area contributed by atoms with Gasteiger partial charge in [0.05, 0.1) is 12.0 Å². The Bertz CT molecular complexity index is 449. The molecule has 1 unspecified atom stereocenters. The van der Waals surface area contributed by atoms with Crippen LogP contribution in [0.25, 0.3) is 0 Å². The predicted molar refractivity (Wildman–Crippen MR) is 87.5 cm³/mol. The highest BCUT2D eigenvalue weighted by atomic mass is 16.4. The van der Waals surface area contributed by atoms with Gasteiger partial charge in [0.25, 0.3) is 0 Å². The van der Waals surface area contributed by atoms with Crippen LogP contribution in [0.2, 0.25) is 0 Å². The molecule has 0 saturated heterocycles. The summed E-state index contributed by atoms with van der Waals surface area (Å²) < 4.78 is 0. The lowest BCUT2D eigenvalue weighted by Gasteiger charge is -2.40. The number of carboxylic acid groups (broad SMARTS) is 1. The first-order valence-electron chi connectivity index (χ1n) is 7.89. The molecule has 0 amide bonds. The normalized spacial score (nSPS) is 14.4. The Labute approximate surface area is 129 Å². The molecule has 0 aromatic heterocycles. The molecule has 3 nitrogen and oxygen atoms in total. The van der Waals surface area contributed by atoms with Gasteiger partial charge in [-0.1, -0.05) is 52.0 Å². The van der Waals surface area contributed by atoms with Gasteiger partial charge < -0.3 is 5.11 Å². The van der Waals surface area contributed by atoms with Gasteiger partial charge in [-0.3, -0.25) is 9.69 Å². The lowest BCUT2D eigenvalue weighted by Crippen LogP contribution is -2.45. The molecule has 0 spiro atoms. The fraction of sp³-hybridized carbons (Fsp3) is 0.611. The van der Waals surface area contributed by atoms with Gasteiger partial charge >= 0.3 is 5.97 Å². The van der Waals surface area contributed by atoms with E-state index in [9.17, 15) is 9.90 Å². The van der Waals surface area contributed by atoms with Crippen LogP contribution in [0.1, 0.15) is 52.2 Å². The maximum atomic E-state index is 11.3. The van der Waals surface area contributed by atoms with E-state index in [4.69, 9.17) is 0 Å². The minimum absolute atomic E-state index is 0.123. The molecule has 0 bridgehead atoms. The molecule has 3 heteroatoms. The van der Waals surface area contributed by atoms with Gasteiger partial charge in [-0.25, -0.2) is 0 Å². The topological polar surface area (TPSA) is 40.5 Å². The molecule has 1 aromatic carbocycles. The highest BCUT2D eigenvalue weighted by Gasteiger charge is 2.34. The van der Waals surface area contributed by atoms with Crippen molar-refractivity contribution in [1.82, 2.24) is 4.90 Å². The third-order valence-corrected chi connectivity index (χ3v) is 4.18. The highest BCUT2D eigenvalue weighted by molar-refractivity contribution is 5.68. The molecule has 1 N–H and O–H groups in total. The summed E-state index contributed by atoms with van der Waals surface area (Å²) in [7, 11) is 0. The van der Waals surface area contributed by atoms with E-state index in [2.05, 4.69) is 56.9 Å². The van der Waals surface area contributed by atoms with Crippen molar-refractivity contribution in [2.45, 2.75) is 53.0 Å². The van der Waals surface area contributed by atoms with Crippen LogP contribution in [-0.2, 0) is 16.8 Å². The van der Waals surface area contributed by atoms with Crippen LogP contribution in [0, 0.1) is 5.92 Å². The molecule has 0 aliphatic rings. The van der Waals surface area contributed by atoms with Gasteiger partial charge in [-0.2, -0.15) is 0 Å². The van der Waals surface area contributed by atoms with Gasteiger partial charge in [-0.15, -0.1) is 0 Å². The molecular formula is C18H29NO2. The number of hydrogen-bond acceptors (Lipinski definition) is 2. The molecule has 1 atom stereocenters. The Hall–Kier alpha value is -1.35. The lowest BCUT2D eigenvalue weighted by molar-refractivity contribution is -0.140. The van der Waals surface area contributed by atoms with Crippen LogP contribution in [-0.4, -0.2) is 29.1 Å². The van der Waals surface area contributed by atoms with Crippen molar-refractivity contribution < 1.29 is 9.90 Å². The second kappa shape index (κ2) is 7.60. The third kappa shape index (κ3) is 4.57. The number of carboxylic acids is 1. The van der Waals surface area contributed by atoms with Crippen LogP contribution in [0.4, 0.5) is 0 Å². The van der Waals surface area contributed by atoms with Crippen molar-refractivity contribution in [2.24, 2.45) is 5.92 Å². The van der Waals surface area contributed by atoms with E-state index in [1.807, 2.05) is 6.92 Å². The maximum absolute atomic E-state index is 11.3. The van der Waals surface area contributed by atoms with Gasteiger partial charge in [-0.05, 0) is 43.5 Å². The smallest absolute Gasteiger partial charge is 0.305 e. The fourth-order valence-electron chi connectivity index (χ4n) is 3.08. The van der Waals surface area contributed by atoms with Crippen LogP contribution in [0.15, 0.2) is 24.3 Å². The van der Waals surface area contributed by atoms with Crippen molar-refractivity contribution in [3.05, 3.63) is 35.4 Å². The van der Waals surface area contributed by atoms with E-state index < -0.39 is 11.5 Å². The molecule has 0 aliphatic carbocycles. The summed E-state index contributed by atoms with van der Waals surface area (Å²) in [6.45, 7) is 12.3. The van der Waals surface area contributed by atoms with Gasteiger partial charge in [0.2, 0.25) is 0 Å². The Morgan fingerprint density at radius 3 is 2.10 bits per heavy atom. The standard InChI is InChI=1S/C18H29NO2/c1-6-19(7-2)18(5,13-17(20)21)16-10-8-15(9-11-16)12-14(3)4/h8-11,14H,6-7,12-13H2,1-5H3,(H,20,21). The van der Waals surface area contributed by atoms with E-state index in [1.165, 1.54) is 5.56 Å². The largest absolute Gasteiger partial charge is 0.481 e. The summed E-state index contributed by atoms with van der Waals surface area (Å²) in [4.78, 5) is 13.5. The molecular weight excluding hydrogens is 262 g/mol. The van der Waals surface area contributed by atoms with Crippen molar-refractivity contribution in [1.29, 1.82) is 0 Å². The summed E-state index contributed by atoms with van der Waals surface area (Å²) in [5.74, 6) is -0.125. The maximum Gasteiger partial charge on any atom is 0.305 e. The van der Waals surface area contributed by atoms with Crippen molar-refractivity contribution in [3.63, 3.8) is 0 Å². The molecule has 0 fully saturated rings. The number of rotatable bonds is 8. The third-order valence-electron chi connectivity index (χ3n) is 4.18. The SMILES string of the molecule is CCN(CC)C(C)(CC(=O)O)c1ccc(CC(C)C)cc1. The number of nitrogens with zero attached hydrogens (tertiary/aromatic N) is 1. The summed E-state index contributed by atoms with van der Waals surface area (Å²) in [5, 5.41) is 9.30. The Morgan fingerprint density at radius 1 is 1.19 bits per heavy atom. The minimum atomic E-state index is -0.754. The van der Waals surface area contributed by atoms with E-state index in [1.54, 1.807) is 0 Å². The zero-order valence-corrected chi connectivity index (χ0v) is 14.0. The summed E-state index contributed by atoms with van der Waals surface area (Å²) >= 11 is 0. The summed E-state index contributed by atoms with van der Waals surface area (Å²) in [6, 6.07) is 8.47. The Kier molecular flexibility index (Phi) is 6.41. The van der Waals surface area contributed by atoms with Crippen molar-refractivity contribution >= 4 is 5.97 Å². The molecule has 1 aromatic rings. The summed E-state index contributed by atoms with van der Waals surface area (Å²) in [5.41, 5.74) is 1.94. The Morgan fingerprint density at radius 2 is 1.71 bits per heavy atom. The predicted octanol–water partition coefficient (Wildman–Crippen LogP) is 3.92. The summed E-state index contributed by atoms with van der Waals surface area (Å²) in [6.07, 6.45) is 1.18. The highest BCUT2D eigenvalue weighted by Crippen LogP contribution is 2.32. The van der Waals surface area contributed by atoms with Crippen molar-refractivity contribution in [3.8, 4) is 0 Å². The molecule has 0 aliphatic heterocycles. The average Bonchev–Trinajstić information content (AvgIpc) is 2.39. The quantitative estimate of drug-likeness (QED) is 0.789.